The molecule has 0 aliphatic rings. The molecule has 0 saturated carbocycles. The Bertz CT molecular complexity index is 693. The van der Waals surface area contributed by atoms with Gasteiger partial charge in [-0.25, -0.2) is 8.78 Å². The number of anilines is 1. The lowest BCUT2D eigenvalue weighted by Gasteiger charge is -2.04. The van der Waals surface area contributed by atoms with Crippen LogP contribution in [0.15, 0.2) is 24.3 Å². The first kappa shape index (κ1) is 14.9. The average Bonchev–Trinajstić information content (AvgIpc) is 2.76. The van der Waals surface area contributed by atoms with Gasteiger partial charge in [-0.15, -0.1) is 0 Å². The Hall–Kier alpha value is -2.45. The number of benzene rings is 1. The van der Waals surface area contributed by atoms with E-state index in [0.29, 0.717) is 16.8 Å². The first-order valence-electron chi connectivity index (χ1n) is 5.56. The molecular weight excluding hydrogens is 297 g/mol. The van der Waals surface area contributed by atoms with Gasteiger partial charge in [-0.05, 0) is 12.1 Å². The molecule has 0 atom stereocenters. The molecule has 0 spiro atoms. The number of alkyl halides is 3. The van der Waals surface area contributed by atoms with Crippen molar-refractivity contribution in [2.45, 2.75) is 6.18 Å². The average molecular weight is 305 g/mol. The SMILES string of the molecule is Cn1nc(C(=O)Nc2cc(F)ccc2F)cc1C(F)(F)F. The van der Waals surface area contributed by atoms with Gasteiger partial charge in [0.2, 0.25) is 0 Å². The van der Waals surface area contributed by atoms with Gasteiger partial charge in [0.05, 0.1) is 5.69 Å². The van der Waals surface area contributed by atoms with Crippen LogP contribution in [-0.2, 0) is 13.2 Å². The van der Waals surface area contributed by atoms with Crippen molar-refractivity contribution in [2.75, 3.05) is 5.32 Å². The van der Waals surface area contributed by atoms with Gasteiger partial charge in [0, 0.05) is 19.2 Å². The minimum atomic E-state index is -4.68. The van der Waals surface area contributed by atoms with Crippen LogP contribution in [-0.4, -0.2) is 15.7 Å². The van der Waals surface area contributed by atoms with Crippen LogP contribution < -0.4 is 5.32 Å². The van der Waals surface area contributed by atoms with Crippen LogP contribution in [0.25, 0.3) is 0 Å². The number of hydrogen-bond donors (Lipinski definition) is 1. The summed E-state index contributed by atoms with van der Waals surface area (Å²) in [6.07, 6.45) is -4.68. The summed E-state index contributed by atoms with van der Waals surface area (Å²) in [5.41, 5.74) is -2.18. The number of halogens is 5. The molecule has 0 bridgehead atoms. The van der Waals surface area contributed by atoms with Crippen LogP contribution in [0.1, 0.15) is 16.2 Å². The van der Waals surface area contributed by atoms with Crippen molar-refractivity contribution in [1.82, 2.24) is 9.78 Å². The Labute approximate surface area is 115 Å². The summed E-state index contributed by atoms with van der Waals surface area (Å²) in [5, 5.41) is 5.36. The Morgan fingerprint density at radius 3 is 2.48 bits per heavy atom. The second-order valence-corrected chi connectivity index (χ2v) is 4.11. The Kier molecular flexibility index (Phi) is 3.67. The predicted octanol–water partition coefficient (Wildman–Crippen LogP) is 2.97. The summed E-state index contributed by atoms with van der Waals surface area (Å²) in [5.74, 6) is -2.80. The monoisotopic (exact) mass is 305 g/mol. The maximum atomic E-state index is 13.3. The molecule has 21 heavy (non-hydrogen) atoms. The van der Waals surface area contributed by atoms with E-state index in [9.17, 15) is 26.7 Å². The van der Waals surface area contributed by atoms with Gasteiger partial charge in [0.25, 0.3) is 5.91 Å². The van der Waals surface area contributed by atoms with Gasteiger partial charge in [-0.2, -0.15) is 18.3 Å². The van der Waals surface area contributed by atoms with E-state index < -0.39 is 40.8 Å². The van der Waals surface area contributed by atoms with Crippen molar-refractivity contribution in [3.05, 3.63) is 47.3 Å². The normalized spacial score (nSPS) is 11.5. The van der Waals surface area contributed by atoms with Crippen molar-refractivity contribution >= 4 is 11.6 Å². The van der Waals surface area contributed by atoms with E-state index in [2.05, 4.69) is 5.10 Å². The molecule has 112 valence electrons. The second-order valence-electron chi connectivity index (χ2n) is 4.11. The molecule has 1 aromatic carbocycles. The fourth-order valence-electron chi connectivity index (χ4n) is 1.62. The number of carbonyl (C=O) groups is 1. The molecule has 4 nitrogen and oxygen atoms in total. The molecule has 2 aromatic rings. The Morgan fingerprint density at radius 1 is 1.24 bits per heavy atom. The third-order valence-electron chi connectivity index (χ3n) is 2.58. The molecule has 0 fully saturated rings. The highest BCUT2D eigenvalue weighted by Crippen LogP contribution is 2.29. The number of nitrogens with zero attached hydrogens (tertiary/aromatic N) is 2. The topological polar surface area (TPSA) is 46.9 Å². The summed E-state index contributed by atoms with van der Waals surface area (Å²) in [4.78, 5) is 11.7. The standard InChI is InChI=1S/C12H8F5N3O/c1-20-10(12(15,16)17)5-9(19-20)11(21)18-8-4-6(13)2-3-7(8)14/h2-5H,1H3,(H,18,21). The highest BCUT2D eigenvalue weighted by atomic mass is 19.4. The van der Waals surface area contributed by atoms with Crippen LogP contribution >= 0.6 is 0 Å². The summed E-state index contributed by atoms with van der Waals surface area (Å²) in [6.45, 7) is 0. The predicted molar refractivity (Wildman–Crippen MR) is 62.5 cm³/mol. The minimum Gasteiger partial charge on any atom is -0.318 e. The van der Waals surface area contributed by atoms with Gasteiger partial charge >= 0.3 is 6.18 Å². The Morgan fingerprint density at radius 2 is 1.90 bits per heavy atom. The second kappa shape index (κ2) is 5.15. The molecule has 1 heterocycles. The highest BCUT2D eigenvalue weighted by molar-refractivity contribution is 6.03. The molecule has 0 aliphatic carbocycles. The molecular formula is C12H8F5N3O. The number of aryl methyl sites for hydroxylation is 1. The molecule has 9 heteroatoms. The number of amides is 1. The van der Waals surface area contributed by atoms with Crippen LogP contribution in [0.2, 0.25) is 0 Å². The number of nitrogens with one attached hydrogen (secondary N) is 1. The lowest BCUT2D eigenvalue weighted by atomic mass is 10.2. The third-order valence-corrected chi connectivity index (χ3v) is 2.58. The molecule has 0 radical (unpaired) electrons. The maximum Gasteiger partial charge on any atom is 0.433 e. The Balaban J connectivity index is 2.27. The van der Waals surface area contributed by atoms with E-state index in [1.165, 1.54) is 0 Å². The summed E-state index contributed by atoms with van der Waals surface area (Å²) >= 11 is 0. The molecule has 0 unspecified atom stereocenters. The number of hydrogen-bond acceptors (Lipinski definition) is 2. The van der Waals surface area contributed by atoms with Crippen LogP contribution in [0.3, 0.4) is 0 Å². The highest BCUT2D eigenvalue weighted by Gasteiger charge is 2.35. The van der Waals surface area contributed by atoms with Crippen molar-refractivity contribution in [1.29, 1.82) is 0 Å². The van der Waals surface area contributed by atoms with E-state index in [-0.39, 0.29) is 0 Å². The third kappa shape index (κ3) is 3.18. The number of carbonyl (C=O) groups excluding carboxylic acids is 1. The van der Waals surface area contributed by atoms with E-state index >= 15 is 0 Å². The van der Waals surface area contributed by atoms with E-state index in [0.717, 1.165) is 19.2 Å². The maximum absolute atomic E-state index is 13.3. The lowest BCUT2D eigenvalue weighted by molar-refractivity contribution is -0.143. The van der Waals surface area contributed by atoms with Crippen molar-refractivity contribution < 1.29 is 26.7 Å². The quantitative estimate of drug-likeness (QED) is 0.867. The lowest BCUT2D eigenvalue weighted by Crippen LogP contribution is -2.14. The summed E-state index contributed by atoms with van der Waals surface area (Å²) < 4.78 is 64.5. The molecule has 1 amide bonds. The molecule has 1 N–H and O–H groups in total. The molecule has 0 saturated heterocycles. The molecule has 0 aliphatic heterocycles. The van der Waals surface area contributed by atoms with Crippen LogP contribution in [0.5, 0.6) is 0 Å². The molecule has 2 rings (SSSR count). The zero-order valence-electron chi connectivity index (χ0n) is 10.5. The number of rotatable bonds is 2. The van der Waals surface area contributed by atoms with Crippen molar-refractivity contribution in [2.24, 2.45) is 7.05 Å². The van der Waals surface area contributed by atoms with Gasteiger partial charge in [0.15, 0.2) is 5.69 Å². The van der Waals surface area contributed by atoms with Gasteiger partial charge < -0.3 is 5.32 Å². The van der Waals surface area contributed by atoms with Gasteiger partial charge in [-0.1, -0.05) is 0 Å². The van der Waals surface area contributed by atoms with Crippen molar-refractivity contribution in [3.8, 4) is 0 Å². The first-order chi connectivity index (χ1) is 9.68. The van der Waals surface area contributed by atoms with Crippen molar-refractivity contribution in [3.63, 3.8) is 0 Å². The zero-order valence-corrected chi connectivity index (χ0v) is 10.5. The fraction of sp³-hybridized carbons (Fsp3) is 0.167. The van der Waals surface area contributed by atoms with Gasteiger partial charge in [0.1, 0.15) is 17.3 Å². The van der Waals surface area contributed by atoms with E-state index in [4.69, 9.17) is 0 Å². The molecule has 1 aromatic heterocycles. The van der Waals surface area contributed by atoms with E-state index in [1.54, 1.807) is 0 Å². The zero-order chi connectivity index (χ0) is 15.8. The summed E-state index contributed by atoms with van der Waals surface area (Å²) in [7, 11) is 1.02. The number of aromatic nitrogens is 2. The van der Waals surface area contributed by atoms with Crippen LogP contribution in [0, 0.1) is 11.6 Å². The minimum absolute atomic E-state index is 0.483. The van der Waals surface area contributed by atoms with Gasteiger partial charge in [-0.3, -0.25) is 9.48 Å². The summed E-state index contributed by atoms with van der Waals surface area (Å²) in [6, 6.07) is 2.85. The smallest absolute Gasteiger partial charge is 0.318 e. The largest absolute Gasteiger partial charge is 0.433 e. The van der Waals surface area contributed by atoms with E-state index in [1.807, 2.05) is 5.32 Å². The first-order valence-corrected chi connectivity index (χ1v) is 5.56. The fourth-order valence-corrected chi connectivity index (χ4v) is 1.62. The van der Waals surface area contributed by atoms with Crippen LogP contribution in [0.4, 0.5) is 27.6 Å².